The number of urea groups is 1. The number of hydrogen-bond donors (Lipinski definition) is 1. The standard InChI is InChI=1S/C30H28F4N6O4/c1-18(30(32,33)34)39(14-19-4-7-23(31)8-5-19)26(42)17-40-27(43)29(36-28(40)44)11-10-21-12-20(6-9-24(21)29)22-13-35-38(15-22)16-25(41)37(2)3/h4-13,15,18H,14,16-17H2,1-3H3,(H,36,44)/t18-,29-/m0/s1. The number of nitrogens with one attached hydrogen (secondary N) is 1. The van der Waals surface area contributed by atoms with Gasteiger partial charge in [0, 0.05) is 32.4 Å². The molecule has 1 aliphatic carbocycles. The van der Waals surface area contributed by atoms with Gasteiger partial charge in [-0.3, -0.25) is 24.0 Å². The Bertz CT molecular complexity index is 1670. The van der Waals surface area contributed by atoms with Crippen LogP contribution in [0.5, 0.6) is 0 Å². The van der Waals surface area contributed by atoms with Crippen molar-refractivity contribution in [2.45, 2.75) is 37.8 Å². The molecule has 14 heteroatoms. The average molecular weight is 613 g/mol. The fraction of sp³-hybridized carbons (Fsp3) is 0.300. The molecular weight excluding hydrogens is 584 g/mol. The summed E-state index contributed by atoms with van der Waals surface area (Å²) in [7, 11) is 3.28. The highest BCUT2D eigenvalue weighted by atomic mass is 19.4. The third-order valence-corrected chi connectivity index (χ3v) is 7.70. The first-order valence-electron chi connectivity index (χ1n) is 13.5. The van der Waals surface area contributed by atoms with Crippen LogP contribution in [0.15, 0.2) is 60.9 Å². The van der Waals surface area contributed by atoms with Gasteiger partial charge in [-0.25, -0.2) is 9.18 Å². The van der Waals surface area contributed by atoms with Crippen LogP contribution in [0.25, 0.3) is 17.2 Å². The Morgan fingerprint density at radius 2 is 1.73 bits per heavy atom. The molecule has 1 aliphatic heterocycles. The van der Waals surface area contributed by atoms with Crippen LogP contribution in [0.2, 0.25) is 0 Å². The fourth-order valence-electron chi connectivity index (χ4n) is 5.09. The Kier molecular flexibility index (Phi) is 7.78. The number of halogens is 4. The number of fused-ring (bicyclic) bond motifs is 2. The first-order valence-corrected chi connectivity index (χ1v) is 13.5. The number of imide groups is 1. The minimum Gasteiger partial charge on any atom is -0.347 e. The van der Waals surface area contributed by atoms with Gasteiger partial charge in [-0.15, -0.1) is 0 Å². The van der Waals surface area contributed by atoms with E-state index >= 15 is 0 Å². The average Bonchev–Trinajstić information content (AvgIpc) is 3.65. The van der Waals surface area contributed by atoms with Crippen molar-refractivity contribution in [3.63, 3.8) is 0 Å². The molecule has 44 heavy (non-hydrogen) atoms. The summed E-state index contributed by atoms with van der Waals surface area (Å²) < 4.78 is 55.9. The van der Waals surface area contributed by atoms with Gasteiger partial charge in [0.2, 0.25) is 11.8 Å². The number of alkyl halides is 3. The van der Waals surface area contributed by atoms with Gasteiger partial charge in [0.15, 0.2) is 5.54 Å². The van der Waals surface area contributed by atoms with Gasteiger partial charge in [-0.05, 0) is 53.5 Å². The summed E-state index contributed by atoms with van der Waals surface area (Å²) >= 11 is 0. The molecule has 2 aromatic carbocycles. The van der Waals surface area contributed by atoms with Gasteiger partial charge in [0.25, 0.3) is 5.91 Å². The largest absolute Gasteiger partial charge is 0.408 e. The van der Waals surface area contributed by atoms with Crippen molar-refractivity contribution in [2.24, 2.45) is 0 Å². The predicted molar refractivity (Wildman–Crippen MR) is 150 cm³/mol. The Hall–Kier alpha value is -5.01. The van der Waals surface area contributed by atoms with Gasteiger partial charge in [-0.2, -0.15) is 18.3 Å². The normalized spacial score (nSPS) is 18.0. The van der Waals surface area contributed by atoms with E-state index in [1.165, 1.54) is 27.8 Å². The third-order valence-electron chi connectivity index (χ3n) is 7.70. The van der Waals surface area contributed by atoms with Gasteiger partial charge in [-0.1, -0.05) is 30.3 Å². The summed E-state index contributed by atoms with van der Waals surface area (Å²) in [4.78, 5) is 54.4. The number of amides is 5. The molecule has 0 bridgehead atoms. The zero-order chi connectivity index (χ0) is 32.0. The summed E-state index contributed by atoms with van der Waals surface area (Å²) in [5, 5.41) is 6.82. The Balaban J connectivity index is 1.35. The molecule has 1 N–H and O–H groups in total. The van der Waals surface area contributed by atoms with Crippen LogP contribution in [0.4, 0.5) is 22.4 Å². The monoisotopic (exact) mass is 612 g/mol. The van der Waals surface area contributed by atoms with Crippen molar-refractivity contribution in [2.75, 3.05) is 20.6 Å². The van der Waals surface area contributed by atoms with E-state index in [1.54, 1.807) is 50.8 Å². The highest BCUT2D eigenvalue weighted by Crippen LogP contribution is 2.40. The number of benzene rings is 2. The van der Waals surface area contributed by atoms with Crippen molar-refractivity contribution in [3.8, 4) is 11.1 Å². The van der Waals surface area contributed by atoms with E-state index in [4.69, 9.17) is 0 Å². The molecule has 5 amide bonds. The zero-order valence-corrected chi connectivity index (χ0v) is 23.9. The van der Waals surface area contributed by atoms with Crippen LogP contribution in [-0.4, -0.2) is 81.1 Å². The van der Waals surface area contributed by atoms with Crippen molar-refractivity contribution >= 4 is 29.8 Å². The van der Waals surface area contributed by atoms with Crippen LogP contribution in [0, 0.1) is 5.82 Å². The zero-order valence-electron chi connectivity index (χ0n) is 23.9. The smallest absolute Gasteiger partial charge is 0.347 e. The van der Waals surface area contributed by atoms with Crippen molar-refractivity contribution in [1.29, 1.82) is 0 Å². The van der Waals surface area contributed by atoms with Crippen LogP contribution in [0.1, 0.15) is 23.6 Å². The van der Waals surface area contributed by atoms with Crippen molar-refractivity contribution in [1.82, 2.24) is 29.8 Å². The summed E-state index contributed by atoms with van der Waals surface area (Å²) in [5.41, 5.74) is 1.08. The van der Waals surface area contributed by atoms with Crippen LogP contribution in [-0.2, 0) is 33.0 Å². The van der Waals surface area contributed by atoms with Crippen LogP contribution >= 0.6 is 0 Å². The maximum atomic E-state index is 13.7. The van der Waals surface area contributed by atoms with Crippen molar-refractivity contribution in [3.05, 3.63) is 83.4 Å². The number of aromatic nitrogens is 2. The second kappa shape index (κ2) is 11.2. The number of nitrogens with zero attached hydrogens (tertiary/aromatic N) is 5. The highest BCUT2D eigenvalue weighted by molar-refractivity contribution is 6.12. The van der Waals surface area contributed by atoms with Crippen LogP contribution < -0.4 is 5.32 Å². The molecule has 2 heterocycles. The molecule has 1 fully saturated rings. The van der Waals surface area contributed by atoms with E-state index in [-0.39, 0.29) is 18.0 Å². The van der Waals surface area contributed by atoms with E-state index in [0.29, 0.717) is 26.5 Å². The van der Waals surface area contributed by atoms with E-state index in [0.717, 1.165) is 24.6 Å². The minimum absolute atomic E-state index is 0.0547. The number of hydrogen-bond acceptors (Lipinski definition) is 5. The molecule has 0 radical (unpaired) electrons. The van der Waals surface area contributed by atoms with Gasteiger partial charge < -0.3 is 15.1 Å². The lowest BCUT2D eigenvalue weighted by molar-refractivity contribution is -0.187. The Morgan fingerprint density at radius 3 is 2.39 bits per heavy atom. The molecule has 10 nitrogen and oxygen atoms in total. The molecule has 5 rings (SSSR count). The Morgan fingerprint density at radius 1 is 1.02 bits per heavy atom. The lowest BCUT2D eigenvalue weighted by Crippen LogP contribution is -2.51. The second-order valence-electron chi connectivity index (χ2n) is 10.8. The predicted octanol–water partition coefficient (Wildman–Crippen LogP) is 3.53. The minimum atomic E-state index is -4.79. The fourth-order valence-corrected chi connectivity index (χ4v) is 5.09. The van der Waals surface area contributed by atoms with Crippen LogP contribution in [0.3, 0.4) is 0 Å². The van der Waals surface area contributed by atoms with E-state index in [9.17, 15) is 36.7 Å². The molecule has 3 aromatic rings. The molecule has 1 saturated heterocycles. The molecule has 0 saturated carbocycles. The molecule has 1 aromatic heterocycles. The van der Waals surface area contributed by atoms with Crippen molar-refractivity contribution < 1.29 is 36.7 Å². The second-order valence-corrected chi connectivity index (χ2v) is 10.8. The highest BCUT2D eigenvalue weighted by Gasteiger charge is 2.54. The summed E-state index contributed by atoms with van der Waals surface area (Å²) in [6.45, 7) is -0.592. The number of rotatable bonds is 8. The molecule has 230 valence electrons. The van der Waals surface area contributed by atoms with Gasteiger partial charge >= 0.3 is 12.2 Å². The molecular formula is C30H28F4N6O4. The number of carbonyl (C=O) groups is 4. The molecule has 2 atom stereocenters. The summed E-state index contributed by atoms with van der Waals surface area (Å²) in [6.07, 6.45) is 1.61. The summed E-state index contributed by atoms with van der Waals surface area (Å²) in [5.74, 6) is -2.65. The number of carbonyl (C=O) groups excluding carboxylic acids is 4. The maximum Gasteiger partial charge on any atom is 0.408 e. The molecule has 0 unspecified atom stereocenters. The van der Waals surface area contributed by atoms with Gasteiger partial charge in [0.1, 0.15) is 24.9 Å². The summed E-state index contributed by atoms with van der Waals surface area (Å²) in [6, 6.07) is 6.58. The topological polar surface area (TPSA) is 108 Å². The quantitative estimate of drug-likeness (QED) is 0.310. The SMILES string of the molecule is C[C@H](N(Cc1ccc(F)cc1)C(=O)CN1C(=O)N[C@]2(C=Cc3cc(-c4cnn(CC(=O)N(C)C)c4)ccc32)C1=O)C(F)(F)F. The maximum absolute atomic E-state index is 13.7. The molecule has 2 aliphatic rings. The lowest BCUT2D eigenvalue weighted by atomic mass is 9.90. The van der Waals surface area contributed by atoms with Gasteiger partial charge in [0.05, 0.1) is 6.20 Å². The van der Waals surface area contributed by atoms with E-state index < -0.39 is 54.5 Å². The third kappa shape index (κ3) is 5.66. The first-order chi connectivity index (χ1) is 20.7. The number of likely N-dealkylation sites (N-methyl/N-ethyl adjacent to an activating group) is 1. The van der Waals surface area contributed by atoms with E-state index in [1.807, 2.05) is 0 Å². The molecule has 1 spiro atoms. The first kappa shape index (κ1) is 30.4. The lowest BCUT2D eigenvalue weighted by Gasteiger charge is -2.32. The van der Waals surface area contributed by atoms with E-state index in [2.05, 4.69) is 10.4 Å². The Labute approximate surface area is 249 Å².